The molecular formula is C22H23N3O4S. The predicted octanol–water partition coefficient (Wildman–Crippen LogP) is 2.83. The minimum Gasteiger partial charge on any atom is -0.483 e. The fraction of sp³-hybridized carbons (Fsp3) is 0.227. The van der Waals surface area contributed by atoms with E-state index in [1.54, 1.807) is 12.1 Å². The van der Waals surface area contributed by atoms with Crippen molar-refractivity contribution in [2.75, 3.05) is 19.0 Å². The molecule has 1 aliphatic heterocycles. The van der Waals surface area contributed by atoms with Crippen molar-refractivity contribution in [1.82, 2.24) is 10.6 Å². The summed E-state index contributed by atoms with van der Waals surface area (Å²) in [5, 5.41) is 9.12. The standard InChI is InChI=1S/C22H23N3O4S/c1-13-8-4-6-10-16(13)24-18(26)12-29-17-11-7-5-9-15(17)20-19(21(27)28-3)14(2)23-22(30)25-20/h4-11,19-20H,2,12H2,1,3H3,(H,24,26)(H2,23,25,30)/t19-,20-/m0/s1. The molecule has 1 heterocycles. The van der Waals surface area contributed by atoms with Crippen LogP contribution >= 0.6 is 12.2 Å². The van der Waals surface area contributed by atoms with Crippen LogP contribution in [0.25, 0.3) is 0 Å². The summed E-state index contributed by atoms with van der Waals surface area (Å²) in [4.78, 5) is 24.7. The van der Waals surface area contributed by atoms with E-state index >= 15 is 0 Å². The Balaban J connectivity index is 1.78. The molecule has 0 saturated carbocycles. The Morgan fingerprint density at radius 3 is 2.60 bits per heavy atom. The molecule has 1 saturated heterocycles. The van der Waals surface area contributed by atoms with Gasteiger partial charge >= 0.3 is 5.97 Å². The Labute approximate surface area is 180 Å². The fourth-order valence-electron chi connectivity index (χ4n) is 3.26. The van der Waals surface area contributed by atoms with E-state index in [9.17, 15) is 9.59 Å². The van der Waals surface area contributed by atoms with E-state index in [1.165, 1.54) is 7.11 Å². The van der Waals surface area contributed by atoms with Gasteiger partial charge in [0.15, 0.2) is 11.7 Å². The molecule has 2 atom stereocenters. The molecule has 0 aliphatic carbocycles. The molecule has 0 bridgehead atoms. The van der Waals surface area contributed by atoms with E-state index in [0.29, 0.717) is 22.1 Å². The van der Waals surface area contributed by atoms with Crippen molar-refractivity contribution in [3.8, 4) is 5.75 Å². The average molecular weight is 426 g/mol. The topological polar surface area (TPSA) is 88.7 Å². The summed E-state index contributed by atoms with van der Waals surface area (Å²) in [6.45, 7) is 5.63. The molecule has 1 fully saturated rings. The minimum absolute atomic E-state index is 0.190. The molecule has 156 valence electrons. The Morgan fingerprint density at radius 2 is 1.87 bits per heavy atom. The number of benzene rings is 2. The highest BCUT2D eigenvalue weighted by Gasteiger charge is 2.38. The first-order valence-electron chi connectivity index (χ1n) is 9.32. The first-order valence-corrected chi connectivity index (χ1v) is 9.73. The number of carbonyl (C=O) groups excluding carboxylic acids is 2. The van der Waals surface area contributed by atoms with Crippen LogP contribution in [0.1, 0.15) is 17.2 Å². The lowest BCUT2D eigenvalue weighted by Crippen LogP contribution is -2.50. The predicted molar refractivity (Wildman–Crippen MR) is 118 cm³/mol. The fourth-order valence-corrected chi connectivity index (χ4v) is 3.52. The minimum atomic E-state index is -0.716. The summed E-state index contributed by atoms with van der Waals surface area (Å²) in [7, 11) is 1.32. The maximum atomic E-state index is 12.4. The lowest BCUT2D eigenvalue weighted by atomic mass is 9.88. The van der Waals surface area contributed by atoms with Crippen LogP contribution in [0.5, 0.6) is 5.75 Å². The van der Waals surface area contributed by atoms with Gasteiger partial charge in [0, 0.05) is 16.9 Å². The third-order valence-corrected chi connectivity index (χ3v) is 4.98. The van der Waals surface area contributed by atoms with Gasteiger partial charge in [0.2, 0.25) is 0 Å². The molecule has 1 aliphatic rings. The van der Waals surface area contributed by atoms with E-state index in [2.05, 4.69) is 22.5 Å². The lowest BCUT2D eigenvalue weighted by Gasteiger charge is -2.35. The summed E-state index contributed by atoms with van der Waals surface area (Å²) in [5.74, 6) is -1.00. The Hall–Kier alpha value is -3.39. The number of thiocarbonyl (C=S) groups is 1. The second-order valence-electron chi connectivity index (χ2n) is 6.79. The van der Waals surface area contributed by atoms with Crippen LogP contribution in [0, 0.1) is 12.8 Å². The SMILES string of the molecule is C=C1NC(=S)N[C@@H](c2ccccc2OCC(=O)Nc2ccccc2C)[C@H]1C(=O)OC. The van der Waals surface area contributed by atoms with Gasteiger partial charge in [-0.3, -0.25) is 9.59 Å². The largest absolute Gasteiger partial charge is 0.483 e. The van der Waals surface area contributed by atoms with Crippen LogP contribution in [0.4, 0.5) is 5.69 Å². The van der Waals surface area contributed by atoms with Crippen molar-refractivity contribution >= 4 is 34.9 Å². The van der Waals surface area contributed by atoms with Crippen LogP contribution in [-0.4, -0.2) is 30.7 Å². The number of amides is 1. The van der Waals surface area contributed by atoms with Crippen LogP contribution in [0.2, 0.25) is 0 Å². The maximum absolute atomic E-state index is 12.4. The van der Waals surface area contributed by atoms with Gasteiger partial charge in [-0.2, -0.15) is 0 Å². The smallest absolute Gasteiger partial charge is 0.317 e. The van der Waals surface area contributed by atoms with Gasteiger partial charge in [0.25, 0.3) is 5.91 Å². The number of nitrogens with one attached hydrogen (secondary N) is 3. The van der Waals surface area contributed by atoms with E-state index < -0.39 is 17.9 Å². The third-order valence-electron chi connectivity index (χ3n) is 4.76. The van der Waals surface area contributed by atoms with Crippen LogP contribution in [0.3, 0.4) is 0 Å². The normalized spacial score (nSPS) is 18.1. The summed E-state index contributed by atoms with van der Waals surface area (Å²) in [5.41, 5.74) is 2.79. The van der Waals surface area contributed by atoms with Crippen molar-refractivity contribution in [3.63, 3.8) is 0 Å². The number of aryl methyl sites for hydroxylation is 1. The molecule has 30 heavy (non-hydrogen) atoms. The van der Waals surface area contributed by atoms with Crippen LogP contribution in [0.15, 0.2) is 60.8 Å². The van der Waals surface area contributed by atoms with E-state index in [1.807, 2.05) is 43.3 Å². The maximum Gasteiger partial charge on any atom is 0.317 e. The number of carbonyl (C=O) groups is 2. The Morgan fingerprint density at radius 1 is 1.17 bits per heavy atom. The molecule has 1 amide bonds. The Bertz CT molecular complexity index is 992. The number of ether oxygens (including phenoxy) is 2. The van der Waals surface area contributed by atoms with E-state index in [-0.39, 0.29) is 12.5 Å². The van der Waals surface area contributed by atoms with Crippen LogP contribution < -0.4 is 20.7 Å². The van der Waals surface area contributed by atoms with Crippen molar-refractivity contribution < 1.29 is 19.1 Å². The second kappa shape index (κ2) is 9.41. The summed E-state index contributed by atoms with van der Waals surface area (Å²) >= 11 is 5.23. The first kappa shape index (κ1) is 21.3. The average Bonchev–Trinajstić information content (AvgIpc) is 2.73. The Kier molecular flexibility index (Phi) is 6.68. The molecule has 0 spiro atoms. The van der Waals surface area contributed by atoms with Crippen molar-refractivity contribution in [1.29, 1.82) is 0 Å². The van der Waals surface area contributed by atoms with Gasteiger partial charge in [-0.1, -0.05) is 43.0 Å². The van der Waals surface area contributed by atoms with Crippen molar-refractivity contribution in [2.45, 2.75) is 13.0 Å². The summed E-state index contributed by atoms with van der Waals surface area (Å²) < 4.78 is 10.7. The summed E-state index contributed by atoms with van der Waals surface area (Å²) in [6.07, 6.45) is 0. The van der Waals surface area contributed by atoms with Gasteiger partial charge in [0.1, 0.15) is 11.7 Å². The number of esters is 1. The number of hydrogen-bond donors (Lipinski definition) is 3. The molecule has 3 rings (SSSR count). The number of methoxy groups -OCH3 is 1. The molecule has 3 N–H and O–H groups in total. The second-order valence-corrected chi connectivity index (χ2v) is 7.20. The molecule has 2 aromatic rings. The molecule has 2 aromatic carbocycles. The highest BCUT2D eigenvalue weighted by atomic mass is 32.1. The van der Waals surface area contributed by atoms with Gasteiger partial charge in [-0.25, -0.2) is 0 Å². The first-order chi connectivity index (χ1) is 14.4. The van der Waals surface area contributed by atoms with Gasteiger partial charge in [0.05, 0.1) is 13.2 Å². The number of para-hydroxylation sites is 2. The van der Waals surface area contributed by atoms with Gasteiger partial charge in [-0.15, -0.1) is 0 Å². The highest BCUT2D eigenvalue weighted by molar-refractivity contribution is 7.80. The van der Waals surface area contributed by atoms with Crippen LogP contribution in [-0.2, 0) is 14.3 Å². The molecule has 7 nitrogen and oxygen atoms in total. The highest BCUT2D eigenvalue weighted by Crippen LogP contribution is 2.35. The molecule has 0 unspecified atom stereocenters. The molecule has 8 heteroatoms. The lowest BCUT2D eigenvalue weighted by molar-refractivity contribution is -0.145. The quantitative estimate of drug-likeness (QED) is 0.484. The van der Waals surface area contributed by atoms with Gasteiger partial charge < -0.3 is 25.4 Å². The van der Waals surface area contributed by atoms with E-state index in [0.717, 1.165) is 11.3 Å². The van der Waals surface area contributed by atoms with Crippen molar-refractivity contribution in [3.05, 3.63) is 71.9 Å². The molecule has 0 radical (unpaired) electrons. The zero-order valence-electron chi connectivity index (χ0n) is 16.7. The van der Waals surface area contributed by atoms with E-state index in [4.69, 9.17) is 21.7 Å². The monoisotopic (exact) mass is 425 g/mol. The van der Waals surface area contributed by atoms with Crippen molar-refractivity contribution in [2.24, 2.45) is 5.92 Å². The zero-order chi connectivity index (χ0) is 21.7. The summed E-state index contributed by atoms with van der Waals surface area (Å²) in [6, 6.07) is 14.1. The number of anilines is 1. The molecular weight excluding hydrogens is 402 g/mol. The third kappa shape index (κ3) is 4.77. The number of hydrogen-bond acceptors (Lipinski definition) is 5. The zero-order valence-corrected chi connectivity index (χ0v) is 17.5. The van der Waals surface area contributed by atoms with Gasteiger partial charge in [-0.05, 0) is 36.8 Å². The number of rotatable bonds is 6. The molecule has 0 aromatic heterocycles.